The lowest BCUT2D eigenvalue weighted by molar-refractivity contribution is -0.117. The fourth-order valence-corrected chi connectivity index (χ4v) is 3.64. The Balaban J connectivity index is 0.00000225. The molecule has 6 nitrogen and oxygen atoms in total. The molecule has 30 heavy (non-hydrogen) atoms. The molecule has 1 saturated heterocycles. The Bertz CT molecular complexity index is 799. The van der Waals surface area contributed by atoms with Crippen molar-refractivity contribution < 1.29 is 9.59 Å². The summed E-state index contributed by atoms with van der Waals surface area (Å²) in [5, 5.41) is 9.17. The molecule has 1 atom stereocenters. The number of piperidine rings is 1. The molecule has 1 fully saturated rings. The summed E-state index contributed by atoms with van der Waals surface area (Å²) in [4.78, 5) is 29.2. The Kier molecular flexibility index (Phi) is 11.4. The van der Waals surface area contributed by atoms with Crippen LogP contribution >= 0.6 is 24.8 Å². The SMILES string of the molecule is CC(CC(=O)Nc1ccccc1C(=O)NCc1cccnc1)C1CCNCC1.Cl.Cl. The maximum atomic E-state index is 12.6. The lowest BCUT2D eigenvalue weighted by Crippen LogP contribution is -2.32. The third-order valence-electron chi connectivity index (χ3n) is 5.32. The quantitative estimate of drug-likeness (QED) is 0.595. The lowest BCUT2D eigenvalue weighted by Gasteiger charge is -2.28. The van der Waals surface area contributed by atoms with Crippen LogP contribution in [0.2, 0.25) is 0 Å². The van der Waals surface area contributed by atoms with Gasteiger partial charge in [0, 0.05) is 25.4 Å². The number of benzene rings is 1. The van der Waals surface area contributed by atoms with Crippen LogP contribution in [-0.2, 0) is 11.3 Å². The molecular weight excluding hydrogens is 423 g/mol. The Morgan fingerprint density at radius 2 is 1.87 bits per heavy atom. The Morgan fingerprint density at radius 1 is 1.13 bits per heavy atom. The van der Waals surface area contributed by atoms with Crippen LogP contribution in [0.25, 0.3) is 0 Å². The molecule has 1 aliphatic rings. The van der Waals surface area contributed by atoms with Gasteiger partial charge in [-0.3, -0.25) is 14.6 Å². The summed E-state index contributed by atoms with van der Waals surface area (Å²) < 4.78 is 0. The molecule has 0 saturated carbocycles. The van der Waals surface area contributed by atoms with E-state index in [1.807, 2.05) is 18.2 Å². The smallest absolute Gasteiger partial charge is 0.253 e. The second kappa shape index (κ2) is 13.2. The van der Waals surface area contributed by atoms with Gasteiger partial charge in [-0.1, -0.05) is 25.1 Å². The van der Waals surface area contributed by atoms with Crippen LogP contribution in [-0.4, -0.2) is 29.9 Å². The molecule has 0 radical (unpaired) electrons. The van der Waals surface area contributed by atoms with Crippen molar-refractivity contribution in [3.63, 3.8) is 0 Å². The van der Waals surface area contributed by atoms with Crippen molar-refractivity contribution in [2.45, 2.75) is 32.7 Å². The second-order valence-corrected chi connectivity index (χ2v) is 7.41. The minimum absolute atomic E-state index is 0. The van der Waals surface area contributed by atoms with Crippen LogP contribution in [0.5, 0.6) is 0 Å². The Morgan fingerprint density at radius 3 is 2.57 bits per heavy atom. The number of carbonyl (C=O) groups excluding carboxylic acids is 2. The standard InChI is InChI=1S/C22H28N4O2.2ClH/c1-16(18-8-11-23-12-9-18)13-21(27)26-20-7-3-2-6-19(20)22(28)25-15-17-5-4-10-24-14-17;;/h2-7,10,14,16,18,23H,8-9,11-13,15H2,1H3,(H,25,28)(H,26,27);2*1H. The van der Waals surface area contributed by atoms with Crippen LogP contribution in [0.1, 0.15) is 42.1 Å². The van der Waals surface area contributed by atoms with Crippen LogP contribution in [0, 0.1) is 11.8 Å². The molecule has 0 aliphatic carbocycles. The van der Waals surface area contributed by atoms with E-state index in [-0.39, 0.29) is 36.6 Å². The van der Waals surface area contributed by atoms with E-state index < -0.39 is 0 Å². The average Bonchev–Trinajstić information content (AvgIpc) is 2.73. The third-order valence-corrected chi connectivity index (χ3v) is 5.32. The summed E-state index contributed by atoms with van der Waals surface area (Å²) in [6.07, 6.45) is 6.11. The first-order valence-corrected chi connectivity index (χ1v) is 9.90. The number of pyridine rings is 1. The van der Waals surface area contributed by atoms with Gasteiger partial charge in [0.1, 0.15) is 0 Å². The second-order valence-electron chi connectivity index (χ2n) is 7.41. The van der Waals surface area contributed by atoms with Gasteiger partial charge in [-0.2, -0.15) is 0 Å². The normalized spacial score (nSPS) is 14.6. The molecule has 0 bridgehead atoms. The summed E-state index contributed by atoms with van der Waals surface area (Å²) >= 11 is 0. The van der Waals surface area contributed by atoms with Gasteiger partial charge in [0.15, 0.2) is 0 Å². The van der Waals surface area contributed by atoms with Crippen LogP contribution in [0.3, 0.4) is 0 Å². The Labute approximate surface area is 190 Å². The van der Waals surface area contributed by atoms with E-state index in [4.69, 9.17) is 0 Å². The predicted molar refractivity (Wildman–Crippen MR) is 124 cm³/mol. The lowest BCUT2D eigenvalue weighted by atomic mass is 9.84. The van der Waals surface area contributed by atoms with Crippen molar-refractivity contribution in [1.82, 2.24) is 15.6 Å². The first-order valence-electron chi connectivity index (χ1n) is 9.90. The van der Waals surface area contributed by atoms with Crippen molar-refractivity contribution in [2.24, 2.45) is 11.8 Å². The van der Waals surface area contributed by atoms with E-state index in [1.54, 1.807) is 30.6 Å². The molecule has 1 aromatic carbocycles. The first kappa shape index (κ1) is 25.9. The summed E-state index contributed by atoms with van der Waals surface area (Å²) in [7, 11) is 0. The maximum absolute atomic E-state index is 12.6. The zero-order valence-electron chi connectivity index (χ0n) is 17.1. The summed E-state index contributed by atoms with van der Waals surface area (Å²) in [6, 6.07) is 10.9. The number of nitrogens with one attached hydrogen (secondary N) is 3. The number of hydrogen-bond acceptors (Lipinski definition) is 4. The number of rotatable bonds is 7. The fourth-order valence-electron chi connectivity index (χ4n) is 3.64. The van der Waals surface area contributed by atoms with E-state index in [9.17, 15) is 9.59 Å². The monoisotopic (exact) mass is 452 g/mol. The van der Waals surface area contributed by atoms with Gasteiger partial charge < -0.3 is 16.0 Å². The largest absolute Gasteiger partial charge is 0.348 e. The zero-order chi connectivity index (χ0) is 19.8. The van der Waals surface area contributed by atoms with Gasteiger partial charge >= 0.3 is 0 Å². The predicted octanol–water partition coefficient (Wildman–Crippen LogP) is 3.82. The van der Waals surface area contributed by atoms with Crippen LogP contribution in [0.4, 0.5) is 5.69 Å². The van der Waals surface area contributed by atoms with Crippen molar-refractivity contribution in [3.8, 4) is 0 Å². The van der Waals surface area contributed by atoms with E-state index in [0.717, 1.165) is 31.5 Å². The highest BCUT2D eigenvalue weighted by atomic mass is 35.5. The molecule has 164 valence electrons. The number of para-hydroxylation sites is 1. The zero-order valence-corrected chi connectivity index (χ0v) is 18.7. The van der Waals surface area contributed by atoms with Crippen molar-refractivity contribution in [1.29, 1.82) is 0 Å². The van der Waals surface area contributed by atoms with Gasteiger partial charge in [-0.15, -0.1) is 24.8 Å². The van der Waals surface area contributed by atoms with Gasteiger partial charge in [-0.25, -0.2) is 0 Å². The topological polar surface area (TPSA) is 83.1 Å². The molecule has 2 aromatic rings. The van der Waals surface area contributed by atoms with Gasteiger partial charge in [0.25, 0.3) is 5.91 Å². The van der Waals surface area contributed by atoms with E-state index in [0.29, 0.717) is 36.1 Å². The van der Waals surface area contributed by atoms with Crippen LogP contribution in [0.15, 0.2) is 48.8 Å². The van der Waals surface area contributed by atoms with Crippen molar-refractivity contribution in [3.05, 3.63) is 59.9 Å². The molecule has 0 spiro atoms. The average molecular weight is 453 g/mol. The van der Waals surface area contributed by atoms with Gasteiger partial charge in [0.05, 0.1) is 11.3 Å². The molecular formula is C22H30Cl2N4O2. The molecule has 1 unspecified atom stereocenters. The molecule has 1 aliphatic heterocycles. The third kappa shape index (κ3) is 7.59. The highest BCUT2D eigenvalue weighted by Gasteiger charge is 2.22. The highest BCUT2D eigenvalue weighted by Crippen LogP contribution is 2.25. The van der Waals surface area contributed by atoms with Crippen molar-refractivity contribution in [2.75, 3.05) is 18.4 Å². The fraction of sp³-hybridized carbons (Fsp3) is 0.409. The minimum atomic E-state index is -0.217. The summed E-state index contributed by atoms with van der Waals surface area (Å²) in [6.45, 7) is 4.58. The molecule has 3 N–H and O–H groups in total. The van der Waals surface area contributed by atoms with Crippen molar-refractivity contribution >= 4 is 42.3 Å². The molecule has 1 aromatic heterocycles. The van der Waals surface area contributed by atoms with Gasteiger partial charge in [-0.05, 0) is 61.5 Å². The molecule has 2 heterocycles. The number of nitrogens with zero attached hydrogens (tertiary/aromatic N) is 1. The van der Waals surface area contributed by atoms with Gasteiger partial charge in [0.2, 0.25) is 5.91 Å². The van der Waals surface area contributed by atoms with E-state index in [2.05, 4.69) is 27.9 Å². The molecule has 8 heteroatoms. The highest BCUT2D eigenvalue weighted by molar-refractivity contribution is 6.03. The molecule has 3 rings (SSSR count). The summed E-state index contributed by atoms with van der Waals surface area (Å²) in [5.41, 5.74) is 1.94. The number of hydrogen-bond donors (Lipinski definition) is 3. The summed E-state index contributed by atoms with van der Waals surface area (Å²) in [5.74, 6) is 0.642. The number of carbonyl (C=O) groups is 2. The number of amides is 2. The Hall–Kier alpha value is -2.15. The number of halogens is 2. The van der Waals surface area contributed by atoms with E-state index in [1.165, 1.54) is 0 Å². The minimum Gasteiger partial charge on any atom is -0.348 e. The number of anilines is 1. The molecule has 2 amide bonds. The van der Waals surface area contributed by atoms with Crippen LogP contribution < -0.4 is 16.0 Å². The maximum Gasteiger partial charge on any atom is 0.253 e. The van der Waals surface area contributed by atoms with E-state index >= 15 is 0 Å². The number of aromatic nitrogens is 1. The first-order chi connectivity index (χ1) is 13.6.